The Balaban J connectivity index is 2.91. The molecule has 0 atom stereocenters. The lowest BCUT2D eigenvalue weighted by molar-refractivity contribution is -0.121. The molecule has 0 saturated heterocycles. The highest BCUT2D eigenvalue weighted by atomic mass is 32.1. The van der Waals surface area contributed by atoms with E-state index in [0.29, 0.717) is 12.1 Å². The molecular weight excluding hydrogens is 267 g/mol. The van der Waals surface area contributed by atoms with Crippen LogP contribution in [0.15, 0.2) is 23.1 Å². The topological polar surface area (TPSA) is 49.4 Å². The first kappa shape index (κ1) is 15.5. The van der Waals surface area contributed by atoms with Gasteiger partial charge in [0.2, 0.25) is 5.91 Å². The molecule has 0 aliphatic heterocycles. The molecule has 19 heavy (non-hydrogen) atoms. The highest BCUT2D eigenvalue weighted by Gasteiger charge is 2.18. The zero-order chi connectivity index (χ0) is 14.4. The lowest BCUT2D eigenvalue weighted by Crippen LogP contribution is -2.40. The van der Waals surface area contributed by atoms with Gasteiger partial charge in [-0.1, -0.05) is 6.92 Å². The summed E-state index contributed by atoms with van der Waals surface area (Å²) >= 11 is 3.95. The van der Waals surface area contributed by atoms with Crippen LogP contribution in [0.25, 0.3) is 0 Å². The number of nitrogens with one attached hydrogen (secondary N) is 1. The number of likely N-dealkylation sites (N-methyl/N-ethyl adjacent to an activating group) is 1. The lowest BCUT2D eigenvalue weighted by atomic mass is 10.2. The largest absolute Gasteiger partial charge is 0.358 e. The van der Waals surface area contributed by atoms with Gasteiger partial charge in [-0.25, -0.2) is 4.39 Å². The Morgan fingerprint density at radius 3 is 2.63 bits per heavy atom. The van der Waals surface area contributed by atoms with Gasteiger partial charge in [-0.3, -0.25) is 9.59 Å². The van der Waals surface area contributed by atoms with E-state index in [1.807, 2.05) is 6.92 Å². The zero-order valence-corrected chi connectivity index (χ0v) is 11.8. The fraction of sp³-hybridized carbons (Fsp3) is 0.385. The summed E-state index contributed by atoms with van der Waals surface area (Å²) in [6, 6.07) is 3.96. The summed E-state index contributed by atoms with van der Waals surface area (Å²) in [5.41, 5.74) is 0.323. The molecule has 0 spiro atoms. The van der Waals surface area contributed by atoms with E-state index in [0.717, 1.165) is 6.42 Å². The molecule has 0 aliphatic rings. The molecular formula is C13H17FN2O2S. The SMILES string of the molecule is CCCN(CC(=O)NC)C(=O)c1ccc(F)c(S)c1. The van der Waals surface area contributed by atoms with Gasteiger partial charge in [0.05, 0.1) is 6.54 Å². The van der Waals surface area contributed by atoms with Crippen LogP contribution in [-0.4, -0.2) is 36.9 Å². The molecule has 0 fully saturated rings. The van der Waals surface area contributed by atoms with Gasteiger partial charge in [0.15, 0.2) is 0 Å². The first-order chi connectivity index (χ1) is 8.99. The third-order valence-corrected chi connectivity index (χ3v) is 2.93. The van der Waals surface area contributed by atoms with Gasteiger partial charge < -0.3 is 10.2 Å². The van der Waals surface area contributed by atoms with E-state index in [4.69, 9.17) is 0 Å². The van der Waals surface area contributed by atoms with E-state index in [1.165, 1.54) is 30.1 Å². The number of carbonyl (C=O) groups is 2. The van der Waals surface area contributed by atoms with Crippen molar-refractivity contribution in [3.8, 4) is 0 Å². The van der Waals surface area contributed by atoms with Crippen LogP contribution in [-0.2, 0) is 4.79 Å². The first-order valence-electron chi connectivity index (χ1n) is 5.98. The average molecular weight is 284 g/mol. The molecule has 4 nitrogen and oxygen atoms in total. The third kappa shape index (κ3) is 4.24. The van der Waals surface area contributed by atoms with Crippen molar-refractivity contribution in [2.75, 3.05) is 20.1 Å². The number of thiol groups is 1. The maximum absolute atomic E-state index is 13.1. The summed E-state index contributed by atoms with van der Waals surface area (Å²) in [5.74, 6) is -1.02. The molecule has 2 amide bonds. The molecule has 6 heteroatoms. The molecule has 0 bridgehead atoms. The Morgan fingerprint density at radius 2 is 2.11 bits per heavy atom. The van der Waals surface area contributed by atoms with E-state index in [1.54, 1.807) is 0 Å². The van der Waals surface area contributed by atoms with Crippen molar-refractivity contribution in [3.63, 3.8) is 0 Å². The van der Waals surface area contributed by atoms with Crippen molar-refractivity contribution in [1.82, 2.24) is 10.2 Å². The second-order valence-corrected chi connectivity index (χ2v) is 4.55. The third-order valence-electron chi connectivity index (χ3n) is 2.59. The molecule has 104 valence electrons. The molecule has 0 saturated carbocycles. The predicted molar refractivity (Wildman–Crippen MR) is 73.9 cm³/mol. The van der Waals surface area contributed by atoms with Crippen LogP contribution in [0, 0.1) is 5.82 Å². The highest BCUT2D eigenvalue weighted by Crippen LogP contribution is 2.15. The molecule has 1 N–H and O–H groups in total. The summed E-state index contributed by atoms with van der Waals surface area (Å²) < 4.78 is 13.1. The number of amides is 2. The van der Waals surface area contributed by atoms with Gasteiger partial charge in [0, 0.05) is 24.1 Å². The van der Waals surface area contributed by atoms with Crippen LogP contribution in [0.1, 0.15) is 23.7 Å². The van der Waals surface area contributed by atoms with Gasteiger partial charge >= 0.3 is 0 Å². The quantitative estimate of drug-likeness (QED) is 0.809. The van der Waals surface area contributed by atoms with Crippen molar-refractivity contribution in [1.29, 1.82) is 0 Å². The minimum absolute atomic E-state index is 0.0115. The summed E-state index contributed by atoms with van der Waals surface area (Å²) in [6.45, 7) is 2.37. The van der Waals surface area contributed by atoms with E-state index in [9.17, 15) is 14.0 Å². The van der Waals surface area contributed by atoms with Gasteiger partial charge in [-0.15, -0.1) is 12.6 Å². The van der Waals surface area contributed by atoms with Gasteiger partial charge in [0.25, 0.3) is 5.91 Å². The normalized spacial score (nSPS) is 10.1. The molecule has 1 aromatic carbocycles. The van der Waals surface area contributed by atoms with Crippen molar-refractivity contribution in [3.05, 3.63) is 29.6 Å². The number of hydrogen-bond donors (Lipinski definition) is 2. The van der Waals surface area contributed by atoms with Gasteiger partial charge in [-0.2, -0.15) is 0 Å². The Morgan fingerprint density at radius 1 is 1.42 bits per heavy atom. The van der Waals surface area contributed by atoms with Crippen molar-refractivity contribution < 1.29 is 14.0 Å². The van der Waals surface area contributed by atoms with Crippen LogP contribution >= 0.6 is 12.6 Å². The summed E-state index contributed by atoms with van der Waals surface area (Å²) in [4.78, 5) is 25.2. The average Bonchev–Trinajstić information content (AvgIpc) is 2.40. The number of halogens is 1. The lowest BCUT2D eigenvalue weighted by Gasteiger charge is -2.21. The number of benzene rings is 1. The molecule has 0 heterocycles. The van der Waals surface area contributed by atoms with E-state index in [-0.39, 0.29) is 23.3 Å². The second-order valence-electron chi connectivity index (χ2n) is 4.07. The maximum Gasteiger partial charge on any atom is 0.254 e. The van der Waals surface area contributed by atoms with Crippen molar-refractivity contribution >= 4 is 24.4 Å². The Labute approximate surface area is 117 Å². The summed E-state index contributed by atoms with van der Waals surface area (Å²) in [6.07, 6.45) is 0.734. The standard InChI is InChI=1S/C13H17FN2O2S/c1-3-6-16(8-12(17)15-2)13(18)9-4-5-10(14)11(19)7-9/h4-5,7,19H,3,6,8H2,1-2H3,(H,15,17). The smallest absolute Gasteiger partial charge is 0.254 e. The Hall–Kier alpha value is -1.56. The number of hydrogen-bond acceptors (Lipinski definition) is 3. The maximum atomic E-state index is 13.1. The Kier molecular flexibility index (Phi) is 5.82. The van der Waals surface area contributed by atoms with Gasteiger partial charge in [-0.05, 0) is 24.6 Å². The van der Waals surface area contributed by atoms with E-state index < -0.39 is 5.82 Å². The van der Waals surface area contributed by atoms with Crippen molar-refractivity contribution in [2.45, 2.75) is 18.2 Å². The fourth-order valence-corrected chi connectivity index (χ4v) is 1.82. The van der Waals surface area contributed by atoms with Gasteiger partial charge in [0.1, 0.15) is 5.82 Å². The number of rotatable bonds is 5. The van der Waals surface area contributed by atoms with Crippen LogP contribution in [0.3, 0.4) is 0 Å². The van der Waals surface area contributed by atoms with E-state index in [2.05, 4.69) is 17.9 Å². The van der Waals surface area contributed by atoms with Crippen LogP contribution in [0.4, 0.5) is 4.39 Å². The number of nitrogens with zero attached hydrogens (tertiary/aromatic N) is 1. The molecule has 0 aliphatic carbocycles. The van der Waals surface area contributed by atoms with Crippen molar-refractivity contribution in [2.24, 2.45) is 0 Å². The first-order valence-corrected chi connectivity index (χ1v) is 6.42. The summed E-state index contributed by atoms with van der Waals surface area (Å²) in [5, 5.41) is 2.47. The Bertz CT molecular complexity index is 480. The molecule has 1 rings (SSSR count). The minimum Gasteiger partial charge on any atom is -0.358 e. The summed E-state index contributed by atoms with van der Waals surface area (Å²) in [7, 11) is 1.51. The zero-order valence-electron chi connectivity index (χ0n) is 10.9. The molecule has 1 aromatic rings. The van der Waals surface area contributed by atoms with E-state index >= 15 is 0 Å². The van der Waals surface area contributed by atoms with Crippen LogP contribution in [0.2, 0.25) is 0 Å². The fourth-order valence-electron chi connectivity index (χ4n) is 1.60. The molecule has 0 aromatic heterocycles. The number of carbonyl (C=O) groups excluding carboxylic acids is 2. The van der Waals surface area contributed by atoms with Crippen LogP contribution < -0.4 is 5.32 Å². The predicted octanol–water partition coefficient (Wildman–Crippen LogP) is 1.71. The monoisotopic (exact) mass is 284 g/mol. The minimum atomic E-state index is -0.478. The van der Waals surface area contributed by atoms with Crippen LogP contribution in [0.5, 0.6) is 0 Å². The molecule has 0 radical (unpaired) electrons. The highest BCUT2D eigenvalue weighted by molar-refractivity contribution is 7.80. The second kappa shape index (κ2) is 7.13. The molecule has 0 unspecified atom stereocenters.